The number of piperidine rings is 1. The highest BCUT2D eigenvalue weighted by Gasteiger charge is 2.41. The summed E-state index contributed by atoms with van der Waals surface area (Å²) < 4.78 is 28.0. The van der Waals surface area contributed by atoms with E-state index in [2.05, 4.69) is 10.6 Å². The molecule has 0 aromatic heterocycles. The van der Waals surface area contributed by atoms with Crippen LogP contribution in [-0.2, 0) is 10.7 Å². The molecular formula is C13H15ClF2N2O. The molecule has 2 rings (SSSR count). The Labute approximate surface area is 115 Å². The largest absolute Gasteiger partial charge is 0.349 e. The van der Waals surface area contributed by atoms with E-state index in [-0.39, 0.29) is 16.6 Å². The van der Waals surface area contributed by atoms with Crippen LogP contribution in [0.5, 0.6) is 0 Å². The lowest BCUT2D eigenvalue weighted by atomic mass is 10.0. The molecule has 1 fully saturated rings. The Kier molecular flexibility index (Phi) is 4.37. The molecule has 3 nitrogen and oxygen atoms in total. The zero-order valence-corrected chi connectivity index (χ0v) is 11.0. The van der Waals surface area contributed by atoms with Crippen molar-refractivity contribution >= 4 is 17.5 Å². The fraction of sp³-hybridized carbons (Fsp3) is 0.462. The van der Waals surface area contributed by atoms with Gasteiger partial charge in [0.05, 0.1) is 0 Å². The van der Waals surface area contributed by atoms with Crippen molar-refractivity contribution in [2.24, 2.45) is 0 Å². The van der Waals surface area contributed by atoms with E-state index in [1.165, 1.54) is 18.2 Å². The molecule has 1 amide bonds. The van der Waals surface area contributed by atoms with Crippen molar-refractivity contribution in [3.05, 3.63) is 34.9 Å². The summed E-state index contributed by atoms with van der Waals surface area (Å²) in [5.41, 5.74) is -0.388. The first kappa shape index (κ1) is 14.2. The van der Waals surface area contributed by atoms with Gasteiger partial charge in [-0.1, -0.05) is 23.7 Å². The smallest absolute Gasteiger partial charge is 0.347 e. The predicted molar refractivity (Wildman–Crippen MR) is 69.4 cm³/mol. The van der Waals surface area contributed by atoms with E-state index in [0.29, 0.717) is 13.0 Å². The van der Waals surface area contributed by atoms with Crippen molar-refractivity contribution in [1.29, 1.82) is 0 Å². The summed E-state index contributed by atoms with van der Waals surface area (Å²) in [4.78, 5) is 11.7. The summed E-state index contributed by atoms with van der Waals surface area (Å²) in [7, 11) is 0. The molecule has 1 aliphatic rings. The molecule has 19 heavy (non-hydrogen) atoms. The summed E-state index contributed by atoms with van der Waals surface area (Å²) in [5.74, 6) is -4.84. The first-order chi connectivity index (χ1) is 9.00. The molecule has 104 valence electrons. The van der Waals surface area contributed by atoms with E-state index in [1.54, 1.807) is 0 Å². The normalized spacial score (nSPS) is 20.1. The van der Waals surface area contributed by atoms with Crippen LogP contribution in [0.2, 0.25) is 5.02 Å². The van der Waals surface area contributed by atoms with Crippen molar-refractivity contribution in [2.45, 2.75) is 24.8 Å². The second-order valence-electron chi connectivity index (χ2n) is 4.60. The number of carbonyl (C=O) groups is 1. The highest BCUT2D eigenvalue weighted by atomic mass is 35.5. The van der Waals surface area contributed by atoms with Crippen LogP contribution in [0, 0.1) is 0 Å². The Balaban J connectivity index is 2.07. The van der Waals surface area contributed by atoms with E-state index in [9.17, 15) is 13.6 Å². The molecule has 0 aliphatic carbocycles. The van der Waals surface area contributed by atoms with E-state index in [0.717, 1.165) is 19.0 Å². The van der Waals surface area contributed by atoms with Gasteiger partial charge in [-0.2, -0.15) is 8.78 Å². The quantitative estimate of drug-likeness (QED) is 0.896. The van der Waals surface area contributed by atoms with Crippen molar-refractivity contribution < 1.29 is 13.6 Å². The molecule has 1 aromatic rings. The van der Waals surface area contributed by atoms with Gasteiger partial charge in [0.1, 0.15) is 0 Å². The number of rotatable bonds is 3. The van der Waals surface area contributed by atoms with Crippen LogP contribution in [0.15, 0.2) is 24.3 Å². The topological polar surface area (TPSA) is 41.1 Å². The minimum absolute atomic E-state index is 0.185. The average Bonchev–Trinajstić information content (AvgIpc) is 2.40. The van der Waals surface area contributed by atoms with Gasteiger partial charge in [-0.05, 0) is 31.5 Å². The lowest BCUT2D eigenvalue weighted by molar-refractivity contribution is -0.147. The minimum atomic E-state index is -3.57. The number of alkyl halides is 2. The van der Waals surface area contributed by atoms with E-state index < -0.39 is 11.8 Å². The highest BCUT2D eigenvalue weighted by molar-refractivity contribution is 6.30. The van der Waals surface area contributed by atoms with Crippen LogP contribution in [0.1, 0.15) is 18.4 Å². The molecule has 1 aromatic carbocycles. The molecule has 1 aliphatic heterocycles. The summed E-state index contributed by atoms with van der Waals surface area (Å²) in [6.45, 7) is 1.38. The third-order valence-corrected chi connectivity index (χ3v) is 3.34. The summed E-state index contributed by atoms with van der Waals surface area (Å²) in [6, 6.07) is 4.96. The van der Waals surface area contributed by atoms with E-state index >= 15 is 0 Å². The summed E-state index contributed by atoms with van der Waals surface area (Å²) in [6.07, 6.45) is 1.58. The maximum Gasteiger partial charge on any atom is 0.349 e. The molecular weight excluding hydrogens is 274 g/mol. The number of halogens is 3. The van der Waals surface area contributed by atoms with E-state index in [1.807, 2.05) is 0 Å². The number of amides is 1. The minimum Gasteiger partial charge on any atom is -0.347 e. The fourth-order valence-corrected chi connectivity index (χ4v) is 2.26. The van der Waals surface area contributed by atoms with Gasteiger partial charge in [0, 0.05) is 23.2 Å². The molecule has 2 N–H and O–H groups in total. The zero-order chi connectivity index (χ0) is 13.9. The van der Waals surface area contributed by atoms with Crippen molar-refractivity contribution in [3.8, 4) is 0 Å². The molecule has 1 saturated heterocycles. The van der Waals surface area contributed by atoms with Crippen LogP contribution in [0.25, 0.3) is 0 Å². The Hall–Kier alpha value is -1.20. The summed E-state index contributed by atoms with van der Waals surface area (Å²) in [5, 5.41) is 5.63. The fourth-order valence-electron chi connectivity index (χ4n) is 2.07. The van der Waals surface area contributed by atoms with Gasteiger partial charge in [-0.15, -0.1) is 0 Å². The Morgan fingerprint density at radius 1 is 1.47 bits per heavy atom. The third-order valence-electron chi connectivity index (χ3n) is 3.10. The van der Waals surface area contributed by atoms with Crippen LogP contribution in [0.3, 0.4) is 0 Å². The SMILES string of the molecule is O=C(N[C@H]1CCCNC1)C(F)(F)c1cccc(Cl)c1. The number of carbonyl (C=O) groups excluding carboxylic acids is 1. The highest BCUT2D eigenvalue weighted by Crippen LogP contribution is 2.30. The van der Waals surface area contributed by atoms with Gasteiger partial charge in [0.15, 0.2) is 0 Å². The molecule has 0 unspecified atom stereocenters. The second-order valence-corrected chi connectivity index (χ2v) is 5.04. The van der Waals surface area contributed by atoms with Crippen LogP contribution in [0.4, 0.5) is 8.78 Å². The monoisotopic (exact) mass is 288 g/mol. The molecule has 0 saturated carbocycles. The molecule has 0 bridgehead atoms. The number of hydrogen-bond donors (Lipinski definition) is 2. The Morgan fingerprint density at radius 3 is 2.89 bits per heavy atom. The Morgan fingerprint density at radius 2 is 2.26 bits per heavy atom. The first-order valence-corrected chi connectivity index (χ1v) is 6.53. The number of nitrogens with one attached hydrogen (secondary N) is 2. The average molecular weight is 289 g/mol. The maximum atomic E-state index is 14.0. The van der Waals surface area contributed by atoms with Crippen LogP contribution >= 0.6 is 11.6 Å². The lowest BCUT2D eigenvalue weighted by Crippen LogP contribution is -2.50. The van der Waals surface area contributed by atoms with Gasteiger partial charge in [0.25, 0.3) is 5.91 Å². The molecule has 1 atom stereocenters. The van der Waals surface area contributed by atoms with Gasteiger partial charge >= 0.3 is 5.92 Å². The maximum absolute atomic E-state index is 14.0. The first-order valence-electron chi connectivity index (χ1n) is 6.15. The van der Waals surface area contributed by atoms with Gasteiger partial charge in [-0.25, -0.2) is 0 Å². The van der Waals surface area contributed by atoms with Crippen LogP contribution < -0.4 is 10.6 Å². The Bertz CT molecular complexity index is 462. The van der Waals surface area contributed by atoms with Crippen LogP contribution in [-0.4, -0.2) is 25.0 Å². The number of hydrogen-bond acceptors (Lipinski definition) is 2. The van der Waals surface area contributed by atoms with Crippen molar-refractivity contribution in [1.82, 2.24) is 10.6 Å². The zero-order valence-electron chi connectivity index (χ0n) is 10.3. The standard InChI is InChI=1S/C13H15ClF2N2O/c14-10-4-1-3-9(7-10)13(15,16)12(19)18-11-5-2-6-17-8-11/h1,3-4,7,11,17H,2,5-6,8H2,(H,18,19)/t11-/m0/s1. The van der Waals surface area contributed by atoms with Gasteiger partial charge in [0.2, 0.25) is 0 Å². The lowest BCUT2D eigenvalue weighted by Gasteiger charge is -2.26. The number of benzene rings is 1. The van der Waals surface area contributed by atoms with Crippen molar-refractivity contribution in [2.75, 3.05) is 13.1 Å². The van der Waals surface area contributed by atoms with E-state index in [4.69, 9.17) is 11.6 Å². The third kappa shape index (κ3) is 3.42. The van der Waals surface area contributed by atoms with Gasteiger partial charge in [-0.3, -0.25) is 4.79 Å². The van der Waals surface area contributed by atoms with Crippen molar-refractivity contribution in [3.63, 3.8) is 0 Å². The molecule has 0 radical (unpaired) electrons. The predicted octanol–water partition coefficient (Wildman–Crippen LogP) is 2.30. The second kappa shape index (κ2) is 5.84. The molecule has 6 heteroatoms. The molecule has 1 heterocycles. The van der Waals surface area contributed by atoms with Gasteiger partial charge < -0.3 is 10.6 Å². The summed E-state index contributed by atoms with van der Waals surface area (Å²) >= 11 is 5.67. The molecule has 0 spiro atoms.